The average molecular weight is 294 g/mol. The number of thiazole rings is 1. The molecule has 1 N–H and O–H groups in total. The molecule has 2 rings (SSSR count). The van der Waals surface area contributed by atoms with Crippen LogP contribution in [-0.4, -0.2) is 31.1 Å². The Bertz CT molecular complexity index is 625. The highest BCUT2D eigenvalue weighted by atomic mass is 32.1. The van der Waals surface area contributed by atoms with E-state index >= 15 is 0 Å². The fourth-order valence-electron chi connectivity index (χ4n) is 1.85. The zero-order chi connectivity index (χ0) is 14.9. The van der Waals surface area contributed by atoms with Gasteiger partial charge in [-0.1, -0.05) is 32.9 Å². The van der Waals surface area contributed by atoms with Crippen LogP contribution in [0.25, 0.3) is 0 Å². The van der Waals surface area contributed by atoms with E-state index in [2.05, 4.69) is 36.1 Å². The van der Waals surface area contributed by atoms with E-state index in [1.54, 1.807) is 16.0 Å². The molecule has 0 aliphatic rings. The lowest BCUT2D eigenvalue weighted by molar-refractivity contribution is 0.0689. The van der Waals surface area contributed by atoms with Crippen LogP contribution in [0.1, 0.15) is 54.6 Å². The quantitative estimate of drug-likeness (QED) is 0.936. The molecule has 2 aromatic rings. The van der Waals surface area contributed by atoms with Crippen molar-refractivity contribution in [3.8, 4) is 0 Å². The Labute approximate surface area is 121 Å². The standard InChI is InChI=1S/C13H18N4O2S/c1-5-9-10(11(18)19)15-16-17(9)6-8-7-20-12(14-8)13(2,3)4/h7H,5-6H2,1-4H3,(H,18,19). The smallest absolute Gasteiger partial charge is 0.358 e. The van der Waals surface area contributed by atoms with Crippen molar-refractivity contribution in [1.29, 1.82) is 0 Å². The maximum atomic E-state index is 11.1. The summed E-state index contributed by atoms with van der Waals surface area (Å²) >= 11 is 1.61. The lowest BCUT2D eigenvalue weighted by Gasteiger charge is -2.13. The van der Waals surface area contributed by atoms with Crippen molar-refractivity contribution in [2.45, 2.75) is 46.1 Å². The van der Waals surface area contributed by atoms with E-state index in [1.165, 1.54) is 0 Å². The van der Waals surface area contributed by atoms with Crippen LogP contribution >= 0.6 is 11.3 Å². The lowest BCUT2D eigenvalue weighted by Crippen LogP contribution is -2.12. The van der Waals surface area contributed by atoms with Gasteiger partial charge in [0.1, 0.15) is 0 Å². The Morgan fingerprint density at radius 2 is 2.15 bits per heavy atom. The summed E-state index contributed by atoms with van der Waals surface area (Å²) in [6.45, 7) is 8.69. The van der Waals surface area contributed by atoms with Gasteiger partial charge in [-0.15, -0.1) is 16.4 Å². The molecule has 0 bridgehead atoms. The molecule has 0 aliphatic carbocycles. The zero-order valence-corrected chi connectivity index (χ0v) is 12.9. The van der Waals surface area contributed by atoms with Gasteiger partial charge in [0.25, 0.3) is 0 Å². The van der Waals surface area contributed by atoms with Crippen molar-refractivity contribution in [3.05, 3.63) is 27.5 Å². The Kier molecular flexibility index (Phi) is 3.89. The third-order valence-corrected chi connectivity index (χ3v) is 4.20. The summed E-state index contributed by atoms with van der Waals surface area (Å²) in [5, 5.41) is 19.8. The number of aromatic carboxylic acids is 1. The van der Waals surface area contributed by atoms with Crippen molar-refractivity contribution in [2.75, 3.05) is 0 Å². The molecule has 2 heterocycles. The maximum absolute atomic E-state index is 11.1. The summed E-state index contributed by atoms with van der Waals surface area (Å²) in [5.41, 5.74) is 1.56. The minimum absolute atomic E-state index is 0.0189. The Balaban J connectivity index is 2.26. The molecule has 0 radical (unpaired) electrons. The van der Waals surface area contributed by atoms with Gasteiger partial charge in [0, 0.05) is 10.8 Å². The molecule has 0 spiro atoms. The third kappa shape index (κ3) is 2.87. The molecule has 0 atom stereocenters. The predicted octanol–water partition coefficient (Wildman–Crippen LogP) is 2.34. The van der Waals surface area contributed by atoms with Gasteiger partial charge >= 0.3 is 5.97 Å². The molecule has 0 unspecified atom stereocenters. The van der Waals surface area contributed by atoms with Crippen LogP contribution in [0.5, 0.6) is 0 Å². The Hall–Kier alpha value is -1.76. The first kappa shape index (κ1) is 14.6. The van der Waals surface area contributed by atoms with Gasteiger partial charge in [0.2, 0.25) is 0 Å². The molecular formula is C13H18N4O2S. The lowest BCUT2D eigenvalue weighted by atomic mass is 9.98. The van der Waals surface area contributed by atoms with Crippen LogP contribution in [0.15, 0.2) is 5.38 Å². The van der Waals surface area contributed by atoms with Crippen molar-refractivity contribution in [1.82, 2.24) is 20.0 Å². The number of hydrogen-bond donors (Lipinski definition) is 1. The van der Waals surface area contributed by atoms with Gasteiger partial charge in [-0.3, -0.25) is 0 Å². The first-order valence-electron chi connectivity index (χ1n) is 6.43. The number of nitrogens with zero attached hydrogens (tertiary/aromatic N) is 4. The first-order chi connectivity index (χ1) is 9.32. The van der Waals surface area contributed by atoms with Gasteiger partial charge in [-0.2, -0.15) is 0 Å². The molecule has 0 aliphatic heterocycles. The third-order valence-electron chi connectivity index (χ3n) is 2.88. The SMILES string of the molecule is CCc1c(C(=O)O)nnn1Cc1csc(C(C)(C)C)n1. The van der Waals surface area contributed by atoms with Crippen LogP contribution in [0.3, 0.4) is 0 Å². The average Bonchev–Trinajstić information content (AvgIpc) is 2.95. The molecule has 0 aromatic carbocycles. The van der Waals surface area contributed by atoms with Crippen molar-refractivity contribution in [2.24, 2.45) is 0 Å². The van der Waals surface area contributed by atoms with Gasteiger partial charge in [0.05, 0.1) is 22.9 Å². The molecule has 0 saturated heterocycles. The first-order valence-corrected chi connectivity index (χ1v) is 7.31. The second-order valence-electron chi connectivity index (χ2n) is 5.60. The minimum atomic E-state index is -1.04. The number of carboxylic acids is 1. The molecule has 6 nitrogen and oxygen atoms in total. The summed E-state index contributed by atoms with van der Waals surface area (Å²) in [6, 6.07) is 0. The van der Waals surface area contributed by atoms with Gasteiger partial charge in [0.15, 0.2) is 5.69 Å². The molecule has 0 fully saturated rings. The van der Waals surface area contributed by atoms with E-state index < -0.39 is 5.97 Å². The van der Waals surface area contributed by atoms with E-state index in [4.69, 9.17) is 5.11 Å². The molecule has 2 aromatic heterocycles. The topological polar surface area (TPSA) is 80.9 Å². The van der Waals surface area contributed by atoms with E-state index in [-0.39, 0.29) is 11.1 Å². The fraction of sp³-hybridized carbons (Fsp3) is 0.538. The minimum Gasteiger partial charge on any atom is -0.476 e. The van der Waals surface area contributed by atoms with Gasteiger partial charge < -0.3 is 5.11 Å². The van der Waals surface area contributed by atoms with E-state index in [1.807, 2.05) is 12.3 Å². The largest absolute Gasteiger partial charge is 0.476 e. The molecule has 108 valence electrons. The fourth-order valence-corrected chi connectivity index (χ4v) is 2.75. The summed E-state index contributed by atoms with van der Waals surface area (Å²) in [5.74, 6) is -1.04. The number of hydrogen-bond acceptors (Lipinski definition) is 5. The molecule has 7 heteroatoms. The van der Waals surface area contributed by atoms with Crippen LogP contribution in [0, 0.1) is 0 Å². The number of carboxylic acid groups (broad SMARTS) is 1. The number of carbonyl (C=O) groups is 1. The van der Waals surface area contributed by atoms with Crippen LogP contribution in [-0.2, 0) is 18.4 Å². The molecular weight excluding hydrogens is 276 g/mol. The van der Waals surface area contributed by atoms with E-state index in [0.29, 0.717) is 18.7 Å². The summed E-state index contributed by atoms with van der Waals surface area (Å²) in [6.07, 6.45) is 0.574. The second kappa shape index (κ2) is 5.32. The number of aromatic nitrogens is 4. The van der Waals surface area contributed by atoms with Crippen molar-refractivity contribution >= 4 is 17.3 Å². The molecule has 0 amide bonds. The van der Waals surface area contributed by atoms with Gasteiger partial charge in [-0.25, -0.2) is 14.5 Å². The van der Waals surface area contributed by atoms with Gasteiger partial charge in [-0.05, 0) is 6.42 Å². The summed E-state index contributed by atoms with van der Waals surface area (Å²) in [7, 11) is 0. The Morgan fingerprint density at radius 3 is 2.65 bits per heavy atom. The monoisotopic (exact) mass is 294 g/mol. The maximum Gasteiger partial charge on any atom is 0.358 e. The highest BCUT2D eigenvalue weighted by Crippen LogP contribution is 2.25. The zero-order valence-electron chi connectivity index (χ0n) is 12.0. The highest BCUT2D eigenvalue weighted by molar-refractivity contribution is 7.09. The summed E-state index contributed by atoms with van der Waals surface area (Å²) < 4.78 is 1.62. The highest BCUT2D eigenvalue weighted by Gasteiger charge is 2.20. The number of rotatable bonds is 4. The normalized spacial score (nSPS) is 11.8. The van der Waals surface area contributed by atoms with Crippen LogP contribution in [0.2, 0.25) is 0 Å². The van der Waals surface area contributed by atoms with Crippen LogP contribution in [0.4, 0.5) is 0 Å². The van der Waals surface area contributed by atoms with Crippen molar-refractivity contribution < 1.29 is 9.90 Å². The van der Waals surface area contributed by atoms with Crippen molar-refractivity contribution in [3.63, 3.8) is 0 Å². The Morgan fingerprint density at radius 1 is 1.45 bits per heavy atom. The van der Waals surface area contributed by atoms with E-state index in [0.717, 1.165) is 10.7 Å². The predicted molar refractivity (Wildman–Crippen MR) is 76.3 cm³/mol. The molecule has 20 heavy (non-hydrogen) atoms. The van der Waals surface area contributed by atoms with E-state index in [9.17, 15) is 4.79 Å². The summed E-state index contributed by atoms with van der Waals surface area (Å²) in [4.78, 5) is 15.6. The van der Waals surface area contributed by atoms with Crippen LogP contribution < -0.4 is 0 Å². The molecule has 0 saturated carbocycles. The second-order valence-corrected chi connectivity index (χ2v) is 6.45.